The van der Waals surface area contributed by atoms with Gasteiger partial charge in [-0.3, -0.25) is 4.98 Å². The summed E-state index contributed by atoms with van der Waals surface area (Å²) in [6.45, 7) is 1.74. The Balaban J connectivity index is 0.000000806. The van der Waals surface area contributed by atoms with Gasteiger partial charge < -0.3 is 21.3 Å². The molecule has 0 aromatic carbocycles. The molecule has 5 unspecified atom stereocenters. The molecule has 2 saturated carbocycles. The fourth-order valence-electron chi connectivity index (χ4n) is 7.01. The van der Waals surface area contributed by atoms with E-state index in [1.807, 2.05) is 0 Å². The third-order valence-corrected chi connectivity index (χ3v) is 8.68. The minimum atomic E-state index is 0.00694. The van der Waals surface area contributed by atoms with E-state index >= 15 is 0 Å². The van der Waals surface area contributed by atoms with Crippen molar-refractivity contribution >= 4 is 20.2 Å². The maximum Gasteiger partial charge on any atom is 0.0264 e. The van der Waals surface area contributed by atoms with E-state index < -0.39 is 0 Å². The summed E-state index contributed by atoms with van der Waals surface area (Å²) in [6, 6.07) is 4.59. The number of halogens is 2. The first-order valence-corrected chi connectivity index (χ1v) is 17.1. The van der Waals surface area contributed by atoms with Crippen LogP contribution in [-0.2, 0) is 26.0 Å². The Kier molecular flexibility index (Phi) is 10.1. The van der Waals surface area contributed by atoms with E-state index in [4.69, 9.17) is 46.4 Å². The Bertz CT molecular complexity index is 766. The van der Waals surface area contributed by atoms with Crippen LogP contribution in [0.4, 0.5) is 0 Å². The van der Waals surface area contributed by atoms with E-state index in [1.54, 1.807) is 0 Å². The van der Waals surface area contributed by atoms with Crippen molar-refractivity contribution in [1.82, 2.24) is 4.98 Å². The molecule has 5 aliphatic rings. The predicted octanol–water partition coefficient (Wildman–Crippen LogP) is 8.34. The topological polar surface area (TPSA) is 69.3 Å². The fourth-order valence-corrected chi connectivity index (χ4v) is 7.01. The molecule has 2 fully saturated rings. The molecule has 1 aliphatic heterocycles. The van der Waals surface area contributed by atoms with E-state index in [9.17, 15) is 0 Å². The summed E-state index contributed by atoms with van der Waals surface area (Å²) >= 11 is 0.00694. The molecule has 6 atom stereocenters. The number of aromatic nitrogens is 1. The molecule has 197 valence electrons. The normalized spacial score (nSPS) is 35.3. The SMILES string of the molecule is [Cl][Mn][Cl].c1c2c3nc4c1CCCC4[N-]C1CCCC[C@H]1[N-]CC[N-]C1CCCCC1[N-]C3CCC2. The number of hydrogen-bond acceptors (Lipinski definition) is 1. The van der Waals surface area contributed by atoms with Crippen LogP contribution in [0, 0.1) is 0 Å². The number of aryl methyl sites for hydroxylation is 2. The Morgan fingerprint density at radius 3 is 1.51 bits per heavy atom. The summed E-state index contributed by atoms with van der Waals surface area (Å²) in [5.74, 6) is 0. The largest absolute Gasteiger partial charge is 0.662 e. The third kappa shape index (κ3) is 6.57. The van der Waals surface area contributed by atoms with Gasteiger partial charge in [-0.15, -0.1) is 0 Å². The van der Waals surface area contributed by atoms with Gasteiger partial charge in [-0.05, 0) is 24.0 Å². The summed E-state index contributed by atoms with van der Waals surface area (Å²) in [6.07, 6.45) is 17.1. The molecule has 2 heterocycles. The summed E-state index contributed by atoms with van der Waals surface area (Å²) in [5.41, 5.74) is 5.54. The van der Waals surface area contributed by atoms with Gasteiger partial charge in [-0.25, -0.2) is 0 Å². The second-order valence-electron chi connectivity index (χ2n) is 10.9. The van der Waals surface area contributed by atoms with E-state index in [-0.39, 0.29) is 25.2 Å². The molecule has 4 aliphatic carbocycles. The molecular weight excluding hydrogens is 520 g/mol. The molecule has 1 aromatic heterocycles. The first kappa shape index (κ1) is 26.7. The minimum absolute atomic E-state index is 0.00694. The third-order valence-electron chi connectivity index (χ3n) is 8.68. The van der Waals surface area contributed by atoms with E-state index in [0.29, 0.717) is 24.2 Å². The van der Waals surface area contributed by atoms with Crippen molar-refractivity contribution < 1.29 is 13.1 Å². The number of rotatable bonds is 0. The van der Waals surface area contributed by atoms with Crippen molar-refractivity contribution in [2.24, 2.45) is 0 Å². The number of pyridine rings is 1. The van der Waals surface area contributed by atoms with Gasteiger partial charge in [-0.2, -0.15) is 37.3 Å². The zero-order valence-corrected chi connectivity index (χ0v) is 23.4. The van der Waals surface area contributed by atoms with E-state index in [0.717, 1.165) is 25.9 Å². The Morgan fingerprint density at radius 2 is 1.06 bits per heavy atom. The zero-order chi connectivity index (χ0) is 24.0. The molecule has 1 aromatic rings. The molecule has 0 spiro atoms. The summed E-state index contributed by atoms with van der Waals surface area (Å²) in [7, 11) is 9.59. The van der Waals surface area contributed by atoms with Crippen LogP contribution in [0.3, 0.4) is 0 Å². The average Bonchev–Trinajstić information content (AvgIpc) is 2.88. The molecule has 6 rings (SSSR count). The number of fused-ring (bicyclic) bond motifs is 2. The molecule has 5 nitrogen and oxygen atoms in total. The van der Waals surface area contributed by atoms with Gasteiger partial charge in [0, 0.05) is 11.4 Å². The quantitative estimate of drug-likeness (QED) is 0.295. The Hall–Kier alpha value is 0.0895. The monoisotopic (exact) mass is 558 g/mol. The second kappa shape index (κ2) is 13.2. The van der Waals surface area contributed by atoms with Crippen LogP contribution >= 0.6 is 20.2 Å². The number of hydrogen-bond donors (Lipinski definition) is 0. The Labute approximate surface area is 226 Å². The maximum absolute atomic E-state index is 5.47. The van der Waals surface area contributed by atoms with Crippen LogP contribution < -0.4 is 0 Å². The molecule has 35 heavy (non-hydrogen) atoms. The van der Waals surface area contributed by atoms with Gasteiger partial charge in [0.15, 0.2) is 0 Å². The molecule has 0 saturated heterocycles. The molecule has 8 heteroatoms. The first-order chi connectivity index (χ1) is 17.3. The smallest absolute Gasteiger partial charge is 0.0264 e. The van der Waals surface area contributed by atoms with Crippen LogP contribution in [0.25, 0.3) is 21.3 Å². The molecular formula is C27H39Cl2MnN5-4. The summed E-state index contributed by atoms with van der Waals surface area (Å²) < 4.78 is 0. The zero-order valence-electron chi connectivity index (χ0n) is 20.7. The van der Waals surface area contributed by atoms with Crippen LogP contribution in [0.15, 0.2) is 6.07 Å². The van der Waals surface area contributed by atoms with Gasteiger partial charge in [0.25, 0.3) is 0 Å². The van der Waals surface area contributed by atoms with E-state index in [1.165, 1.54) is 99.6 Å². The van der Waals surface area contributed by atoms with Crippen LogP contribution in [0.2, 0.25) is 0 Å². The second-order valence-corrected chi connectivity index (χ2v) is 12.8. The van der Waals surface area contributed by atoms with Gasteiger partial charge in [0.05, 0.1) is 0 Å². The maximum atomic E-state index is 5.47. The first-order valence-electron chi connectivity index (χ1n) is 13.9. The minimum Gasteiger partial charge on any atom is -0.662 e. The molecule has 0 radical (unpaired) electrons. The molecule has 2 bridgehead atoms. The fraction of sp³-hybridized carbons (Fsp3) is 0.815. The van der Waals surface area contributed by atoms with Gasteiger partial charge in [-0.1, -0.05) is 95.2 Å². The molecule has 0 amide bonds. The van der Waals surface area contributed by atoms with Crippen molar-refractivity contribution in [2.45, 2.75) is 126 Å². The molecule has 0 N–H and O–H groups in total. The van der Waals surface area contributed by atoms with Crippen molar-refractivity contribution in [1.29, 1.82) is 0 Å². The van der Waals surface area contributed by atoms with Crippen molar-refractivity contribution in [2.75, 3.05) is 13.1 Å². The standard InChI is InChI=1S/C27H39N5.2ClH.Mn/c1-3-11-22-20(9-1)28-15-16-29-21-10-2-4-12-23(21)31-25-14-6-8-19-17-18-7-5-13-24(30-22)26(18)32-27(19)25;;;/h17,20-25H,1-16H2;2*1H;/q-4;;;+2/p-2/t20-,21?,22?,23?,24?,25?;;;/m1.../s1. The Morgan fingerprint density at radius 1 is 0.629 bits per heavy atom. The van der Waals surface area contributed by atoms with Gasteiger partial charge in [0.2, 0.25) is 0 Å². The van der Waals surface area contributed by atoms with Crippen LogP contribution in [0.5, 0.6) is 0 Å². The average molecular weight is 559 g/mol. The van der Waals surface area contributed by atoms with Crippen molar-refractivity contribution in [3.8, 4) is 0 Å². The van der Waals surface area contributed by atoms with Crippen molar-refractivity contribution in [3.63, 3.8) is 0 Å². The summed E-state index contributed by atoms with van der Waals surface area (Å²) in [4.78, 5) is 5.42. The van der Waals surface area contributed by atoms with Crippen LogP contribution in [-0.4, -0.2) is 42.2 Å². The van der Waals surface area contributed by atoms with E-state index in [2.05, 4.69) is 6.07 Å². The summed E-state index contributed by atoms with van der Waals surface area (Å²) in [5, 5.41) is 21.2. The van der Waals surface area contributed by atoms with Crippen LogP contribution in [0.1, 0.15) is 112 Å². The van der Waals surface area contributed by atoms with Crippen molar-refractivity contribution in [3.05, 3.63) is 49.8 Å². The number of nitrogens with zero attached hydrogens (tertiary/aromatic N) is 5. The predicted molar refractivity (Wildman–Crippen MR) is 143 cm³/mol. The van der Waals surface area contributed by atoms with Gasteiger partial charge in [0.1, 0.15) is 0 Å². The van der Waals surface area contributed by atoms with Gasteiger partial charge >= 0.3 is 33.3 Å².